The molecule has 0 saturated heterocycles. The molecule has 108 valence electrons. The fraction of sp³-hybridized carbons (Fsp3) is 0.111. The molecular weight excluding hydrogens is 278 g/mol. The van der Waals surface area contributed by atoms with Gasteiger partial charge in [0.1, 0.15) is 5.58 Å². The predicted molar refractivity (Wildman–Crippen MR) is 82.1 cm³/mol. The minimum atomic E-state index is -0.670. The summed E-state index contributed by atoms with van der Waals surface area (Å²) in [6, 6.07) is 20.1. The van der Waals surface area contributed by atoms with Crippen LogP contribution in [0, 0.1) is 11.3 Å². The van der Waals surface area contributed by atoms with Crippen molar-refractivity contribution in [1.29, 1.82) is 5.26 Å². The van der Waals surface area contributed by atoms with E-state index in [4.69, 9.17) is 9.15 Å². The standard InChI is InChI=1S/C18H13NO3/c19-11-17(21-12-13-4-2-1-3-5-13)15-6-8-16-14(10-15)7-9-18(20)22-16/h1-10,17H,12H2. The van der Waals surface area contributed by atoms with E-state index < -0.39 is 11.7 Å². The Bertz CT molecular complexity index is 878. The maximum atomic E-state index is 11.2. The highest BCUT2D eigenvalue weighted by molar-refractivity contribution is 5.77. The number of nitriles is 1. The SMILES string of the molecule is N#CC(OCc1ccccc1)c1ccc2oc(=O)ccc2c1. The summed E-state index contributed by atoms with van der Waals surface area (Å²) in [7, 11) is 0. The Balaban J connectivity index is 1.83. The lowest BCUT2D eigenvalue weighted by Crippen LogP contribution is -2.03. The second-order valence-corrected chi connectivity index (χ2v) is 4.86. The average molecular weight is 291 g/mol. The van der Waals surface area contributed by atoms with E-state index in [9.17, 15) is 10.1 Å². The van der Waals surface area contributed by atoms with Crippen molar-refractivity contribution in [1.82, 2.24) is 0 Å². The van der Waals surface area contributed by atoms with Gasteiger partial charge in [-0.15, -0.1) is 0 Å². The van der Waals surface area contributed by atoms with Crippen LogP contribution in [-0.2, 0) is 11.3 Å². The molecule has 4 nitrogen and oxygen atoms in total. The number of benzene rings is 2. The van der Waals surface area contributed by atoms with E-state index >= 15 is 0 Å². The molecule has 2 aromatic carbocycles. The Morgan fingerprint density at radius 3 is 2.68 bits per heavy atom. The Kier molecular flexibility index (Phi) is 3.99. The van der Waals surface area contributed by atoms with Crippen molar-refractivity contribution in [3.05, 3.63) is 82.2 Å². The molecule has 1 atom stereocenters. The predicted octanol–water partition coefficient (Wildman–Crippen LogP) is 3.57. The minimum Gasteiger partial charge on any atom is -0.423 e. The molecule has 0 aliphatic carbocycles. The molecule has 1 unspecified atom stereocenters. The van der Waals surface area contributed by atoms with Gasteiger partial charge in [-0.3, -0.25) is 0 Å². The summed E-state index contributed by atoms with van der Waals surface area (Å²) in [6.07, 6.45) is -0.670. The molecule has 3 rings (SSSR count). The number of nitrogens with zero attached hydrogens (tertiary/aromatic N) is 1. The summed E-state index contributed by atoms with van der Waals surface area (Å²) in [6.45, 7) is 0.362. The van der Waals surface area contributed by atoms with Crippen LogP contribution < -0.4 is 5.63 Å². The van der Waals surface area contributed by atoms with Crippen LogP contribution in [-0.4, -0.2) is 0 Å². The molecule has 4 heteroatoms. The number of hydrogen-bond acceptors (Lipinski definition) is 4. The average Bonchev–Trinajstić information content (AvgIpc) is 2.56. The van der Waals surface area contributed by atoms with Gasteiger partial charge in [-0.2, -0.15) is 5.26 Å². The first-order chi connectivity index (χ1) is 10.8. The van der Waals surface area contributed by atoms with Gasteiger partial charge in [-0.1, -0.05) is 36.4 Å². The van der Waals surface area contributed by atoms with Crippen LogP contribution in [0.4, 0.5) is 0 Å². The van der Waals surface area contributed by atoms with E-state index in [0.717, 1.165) is 16.5 Å². The Labute approximate surface area is 127 Å². The Morgan fingerprint density at radius 1 is 1.09 bits per heavy atom. The molecule has 22 heavy (non-hydrogen) atoms. The van der Waals surface area contributed by atoms with Crippen LogP contribution >= 0.6 is 0 Å². The molecular formula is C18H13NO3. The molecule has 1 heterocycles. The smallest absolute Gasteiger partial charge is 0.336 e. The van der Waals surface area contributed by atoms with Gasteiger partial charge in [0.15, 0.2) is 6.10 Å². The lowest BCUT2D eigenvalue weighted by molar-refractivity contribution is 0.0768. The van der Waals surface area contributed by atoms with Gasteiger partial charge in [-0.25, -0.2) is 4.79 Å². The molecule has 1 aromatic heterocycles. The largest absolute Gasteiger partial charge is 0.423 e. The first kappa shape index (κ1) is 14.1. The minimum absolute atomic E-state index is 0.362. The summed E-state index contributed by atoms with van der Waals surface area (Å²) >= 11 is 0. The molecule has 0 fully saturated rings. The third kappa shape index (κ3) is 3.05. The molecule has 0 bridgehead atoms. The van der Waals surface area contributed by atoms with E-state index in [0.29, 0.717) is 12.2 Å². The molecule has 3 aromatic rings. The Hall–Kier alpha value is -2.90. The normalized spacial score (nSPS) is 12.0. The van der Waals surface area contributed by atoms with Gasteiger partial charge in [0, 0.05) is 11.5 Å². The van der Waals surface area contributed by atoms with Crippen molar-refractivity contribution in [2.75, 3.05) is 0 Å². The fourth-order valence-corrected chi connectivity index (χ4v) is 2.22. The highest BCUT2D eigenvalue weighted by Crippen LogP contribution is 2.22. The second kappa shape index (κ2) is 6.25. The third-order valence-electron chi connectivity index (χ3n) is 3.32. The van der Waals surface area contributed by atoms with Crippen LogP contribution in [0.1, 0.15) is 17.2 Å². The van der Waals surface area contributed by atoms with Crippen LogP contribution in [0.25, 0.3) is 11.0 Å². The van der Waals surface area contributed by atoms with Crippen molar-refractivity contribution >= 4 is 11.0 Å². The van der Waals surface area contributed by atoms with E-state index in [1.54, 1.807) is 24.3 Å². The summed E-state index contributed by atoms with van der Waals surface area (Å²) in [4.78, 5) is 11.2. The van der Waals surface area contributed by atoms with Gasteiger partial charge in [0.2, 0.25) is 0 Å². The van der Waals surface area contributed by atoms with Gasteiger partial charge in [0.25, 0.3) is 0 Å². The van der Waals surface area contributed by atoms with Crippen molar-refractivity contribution in [2.45, 2.75) is 12.7 Å². The summed E-state index contributed by atoms with van der Waals surface area (Å²) in [5, 5.41) is 10.1. The number of hydrogen-bond donors (Lipinski definition) is 0. The van der Waals surface area contributed by atoms with E-state index in [-0.39, 0.29) is 0 Å². The van der Waals surface area contributed by atoms with Crippen LogP contribution in [0.2, 0.25) is 0 Å². The number of rotatable bonds is 4. The fourth-order valence-electron chi connectivity index (χ4n) is 2.22. The first-order valence-electron chi connectivity index (χ1n) is 6.85. The topological polar surface area (TPSA) is 63.2 Å². The highest BCUT2D eigenvalue weighted by atomic mass is 16.5. The van der Waals surface area contributed by atoms with Crippen molar-refractivity contribution in [3.63, 3.8) is 0 Å². The first-order valence-corrected chi connectivity index (χ1v) is 6.85. The van der Waals surface area contributed by atoms with Crippen molar-refractivity contribution < 1.29 is 9.15 Å². The van der Waals surface area contributed by atoms with Gasteiger partial charge in [-0.05, 0) is 29.3 Å². The molecule has 0 radical (unpaired) electrons. The van der Waals surface area contributed by atoms with Crippen molar-refractivity contribution in [2.24, 2.45) is 0 Å². The van der Waals surface area contributed by atoms with E-state index in [1.165, 1.54) is 6.07 Å². The number of fused-ring (bicyclic) bond motifs is 1. The zero-order chi connectivity index (χ0) is 15.4. The lowest BCUT2D eigenvalue weighted by Gasteiger charge is -2.11. The van der Waals surface area contributed by atoms with Crippen LogP contribution in [0.15, 0.2) is 69.9 Å². The zero-order valence-corrected chi connectivity index (χ0v) is 11.7. The third-order valence-corrected chi connectivity index (χ3v) is 3.32. The molecule has 0 N–H and O–H groups in total. The number of ether oxygens (including phenoxy) is 1. The quantitative estimate of drug-likeness (QED) is 0.689. The zero-order valence-electron chi connectivity index (χ0n) is 11.7. The maximum absolute atomic E-state index is 11.2. The highest BCUT2D eigenvalue weighted by Gasteiger charge is 2.12. The second-order valence-electron chi connectivity index (χ2n) is 4.86. The monoisotopic (exact) mass is 291 g/mol. The van der Waals surface area contributed by atoms with Crippen molar-refractivity contribution in [3.8, 4) is 6.07 Å². The summed E-state index contributed by atoms with van der Waals surface area (Å²) in [5.74, 6) is 0. The van der Waals surface area contributed by atoms with Crippen LogP contribution in [0.5, 0.6) is 0 Å². The Morgan fingerprint density at radius 2 is 1.91 bits per heavy atom. The molecule has 0 amide bonds. The molecule has 0 spiro atoms. The summed E-state index contributed by atoms with van der Waals surface area (Å²) < 4.78 is 10.8. The lowest BCUT2D eigenvalue weighted by atomic mass is 10.1. The van der Waals surface area contributed by atoms with Crippen LogP contribution in [0.3, 0.4) is 0 Å². The van der Waals surface area contributed by atoms with E-state index in [1.807, 2.05) is 30.3 Å². The molecule has 0 saturated carbocycles. The van der Waals surface area contributed by atoms with Gasteiger partial charge < -0.3 is 9.15 Å². The van der Waals surface area contributed by atoms with E-state index in [2.05, 4.69) is 6.07 Å². The maximum Gasteiger partial charge on any atom is 0.336 e. The van der Waals surface area contributed by atoms with Gasteiger partial charge in [0.05, 0.1) is 12.7 Å². The van der Waals surface area contributed by atoms with Gasteiger partial charge >= 0.3 is 5.63 Å². The summed E-state index contributed by atoms with van der Waals surface area (Å²) in [5.41, 5.74) is 1.85. The molecule has 0 aliphatic heterocycles. The molecule has 0 aliphatic rings.